The number of nitrogens with one attached hydrogen (secondary N) is 1. The molecule has 0 spiro atoms. The number of hydrogen-bond donors (Lipinski definition) is 1. The SMILES string of the molecule is CNC(C)c1cc(C)c(C)cc1Cl. The molecule has 0 amide bonds. The summed E-state index contributed by atoms with van der Waals surface area (Å²) in [6.07, 6.45) is 0. The van der Waals surface area contributed by atoms with Crippen molar-refractivity contribution >= 4 is 11.6 Å². The summed E-state index contributed by atoms with van der Waals surface area (Å²) < 4.78 is 0. The third kappa shape index (κ3) is 2.23. The summed E-state index contributed by atoms with van der Waals surface area (Å²) in [6.45, 7) is 6.29. The molecular formula is C11H16ClN. The summed E-state index contributed by atoms with van der Waals surface area (Å²) in [5.74, 6) is 0. The standard InChI is InChI=1S/C11H16ClN/c1-7-5-10(9(3)13-4)11(12)6-8(7)2/h5-6,9,13H,1-4H3. The summed E-state index contributed by atoms with van der Waals surface area (Å²) in [5, 5.41) is 4.04. The molecule has 2 heteroatoms. The third-order valence-corrected chi connectivity index (χ3v) is 2.84. The monoisotopic (exact) mass is 197 g/mol. The van der Waals surface area contributed by atoms with E-state index in [4.69, 9.17) is 11.6 Å². The minimum absolute atomic E-state index is 0.312. The van der Waals surface area contributed by atoms with Crippen molar-refractivity contribution in [3.63, 3.8) is 0 Å². The van der Waals surface area contributed by atoms with Gasteiger partial charge in [-0.1, -0.05) is 17.7 Å². The van der Waals surface area contributed by atoms with E-state index in [0.29, 0.717) is 6.04 Å². The third-order valence-electron chi connectivity index (χ3n) is 2.51. The Labute approximate surface area is 85.1 Å². The van der Waals surface area contributed by atoms with Crippen LogP contribution in [-0.2, 0) is 0 Å². The maximum Gasteiger partial charge on any atom is 0.0456 e. The fourth-order valence-electron chi connectivity index (χ4n) is 1.29. The molecule has 0 aliphatic heterocycles. The number of rotatable bonds is 2. The molecule has 1 aromatic carbocycles. The van der Waals surface area contributed by atoms with Crippen LogP contribution >= 0.6 is 11.6 Å². The van der Waals surface area contributed by atoms with Crippen LogP contribution in [0.15, 0.2) is 12.1 Å². The quantitative estimate of drug-likeness (QED) is 0.768. The van der Waals surface area contributed by atoms with Gasteiger partial charge in [-0.2, -0.15) is 0 Å². The average Bonchev–Trinajstić information content (AvgIpc) is 2.10. The first kappa shape index (κ1) is 10.6. The first-order chi connectivity index (χ1) is 6.06. The Bertz CT molecular complexity index is 307. The molecule has 1 nitrogen and oxygen atoms in total. The van der Waals surface area contributed by atoms with Crippen LogP contribution in [0.25, 0.3) is 0 Å². The van der Waals surface area contributed by atoms with E-state index < -0.39 is 0 Å². The minimum atomic E-state index is 0.312. The topological polar surface area (TPSA) is 12.0 Å². The second-order valence-electron chi connectivity index (χ2n) is 3.47. The summed E-state index contributed by atoms with van der Waals surface area (Å²) in [4.78, 5) is 0. The van der Waals surface area contributed by atoms with Crippen LogP contribution in [0.4, 0.5) is 0 Å². The summed E-state index contributed by atoms with van der Waals surface area (Å²) in [7, 11) is 1.94. The van der Waals surface area contributed by atoms with Crippen molar-refractivity contribution in [1.29, 1.82) is 0 Å². The van der Waals surface area contributed by atoms with Crippen molar-refractivity contribution in [2.75, 3.05) is 7.05 Å². The molecule has 0 bridgehead atoms. The van der Waals surface area contributed by atoms with Crippen LogP contribution in [0.3, 0.4) is 0 Å². The summed E-state index contributed by atoms with van der Waals surface area (Å²) in [6, 6.07) is 4.49. The molecular weight excluding hydrogens is 182 g/mol. The van der Waals surface area contributed by atoms with Gasteiger partial charge in [-0.15, -0.1) is 0 Å². The molecule has 0 aromatic heterocycles. The molecule has 13 heavy (non-hydrogen) atoms. The zero-order chi connectivity index (χ0) is 10.0. The fourth-order valence-corrected chi connectivity index (χ4v) is 1.67. The van der Waals surface area contributed by atoms with E-state index in [9.17, 15) is 0 Å². The molecule has 1 atom stereocenters. The highest BCUT2D eigenvalue weighted by molar-refractivity contribution is 6.31. The highest BCUT2D eigenvalue weighted by atomic mass is 35.5. The molecule has 0 fully saturated rings. The largest absolute Gasteiger partial charge is 0.313 e. The Hall–Kier alpha value is -0.530. The molecule has 72 valence electrons. The Kier molecular flexibility index (Phi) is 3.34. The number of aryl methyl sites for hydroxylation is 2. The van der Waals surface area contributed by atoms with Crippen LogP contribution in [0.1, 0.15) is 29.7 Å². The maximum absolute atomic E-state index is 6.14. The van der Waals surface area contributed by atoms with Crippen LogP contribution in [-0.4, -0.2) is 7.05 Å². The van der Waals surface area contributed by atoms with Crippen LogP contribution < -0.4 is 5.32 Å². The van der Waals surface area contributed by atoms with Crippen molar-refractivity contribution in [2.24, 2.45) is 0 Å². The van der Waals surface area contributed by atoms with Gasteiger partial charge < -0.3 is 5.32 Å². The molecule has 0 aliphatic carbocycles. The van der Waals surface area contributed by atoms with Gasteiger partial charge in [0.25, 0.3) is 0 Å². The van der Waals surface area contributed by atoms with Gasteiger partial charge in [-0.25, -0.2) is 0 Å². The minimum Gasteiger partial charge on any atom is -0.313 e. The molecule has 0 saturated carbocycles. The number of hydrogen-bond acceptors (Lipinski definition) is 1. The molecule has 1 rings (SSSR count). The molecule has 0 saturated heterocycles. The number of halogens is 1. The predicted octanol–water partition coefficient (Wildman–Crippen LogP) is 3.24. The maximum atomic E-state index is 6.14. The van der Waals surface area contributed by atoms with Gasteiger partial charge in [0.2, 0.25) is 0 Å². The smallest absolute Gasteiger partial charge is 0.0456 e. The first-order valence-corrected chi connectivity index (χ1v) is 4.88. The van der Waals surface area contributed by atoms with Crippen molar-refractivity contribution < 1.29 is 0 Å². The van der Waals surface area contributed by atoms with Gasteiger partial charge >= 0.3 is 0 Å². The van der Waals surface area contributed by atoms with Gasteiger partial charge in [-0.3, -0.25) is 0 Å². The van der Waals surface area contributed by atoms with Gasteiger partial charge in [0, 0.05) is 11.1 Å². The average molecular weight is 198 g/mol. The lowest BCUT2D eigenvalue weighted by Gasteiger charge is -2.14. The molecule has 1 aromatic rings. The number of benzene rings is 1. The Morgan fingerprint density at radius 1 is 1.23 bits per heavy atom. The summed E-state index contributed by atoms with van der Waals surface area (Å²) >= 11 is 6.14. The van der Waals surface area contributed by atoms with Gasteiger partial charge in [-0.05, 0) is 50.6 Å². The Morgan fingerprint density at radius 3 is 2.31 bits per heavy atom. The lowest BCUT2D eigenvalue weighted by molar-refractivity contribution is 0.652. The second kappa shape index (κ2) is 4.12. The molecule has 0 aliphatic rings. The van der Waals surface area contributed by atoms with Crippen LogP contribution in [0, 0.1) is 13.8 Å². The van der Waals surface area contributed by atoms with E-state index in [-0.39, 0.29) is 0 Å². The van der Waals surface area contributed by atoms with Gasteiger partial charge in [0.1, 0.15) is 0 Å². The highest BCUT2D eigenvalue weighted by Gasteiger charge is 2.08. The predicted molar refractivity (Wildman–Crippen MR) is 58.4 cm³/mol. The Balaban J connectivity index is 3.15. The fraction of sp³-hybridized carbons (Fsp3) is 0.455. The van der Waals surface area contributed by atoms with Gasteiger partial charge in [0.05, 0.1) is 0 Å². The highest BCUT2D eigenvalue weighted by Crippen LogP contribution is 2.25. The molecule has 1 N–H and O–H groups in total. The van der Waals surface area contributed by atoms with E-state index in [1.165, 1.54) is 16.7 Å². The molecule has 0 radical (unpaired) electrons. The lowest BCUT2D eigenvalue weighted by Crippen LogP contribution is -2.13. The van der Waals surface area contributed by atoms with E-state index in [1.807, 2.05) is 13.1 Å². The molecule has 1 unspecified atom stereocenters. The van der Waals surface area contributed by atoms with Crippen LogP contribution in [0.2, 0.25) is 5.02 Å². The van der Waals surface area contributed by atoms with E-state index in [0.717, 1.165) is 5.02 Å². The van der Waals surface area contributed by atoms with Crippen LogP contribution in [0.5, 0.6) is 0 Å². The summed E-state index contributed by atoms with van der Waals surface area (Å²) in [5.41, 5.74) is 3.71. The zero-order valence-electron chi connectivity index (χ0n) is 8.61. The van der Waals surface area contributed by atoms with Crippen molar-refractivity contribution in [3.8, 4) is 0 Å². The normalized spacial score (nSPS) is 13.0. The van der Waals surface area contributed by atoms with Crippen molar-refractivity contribution in [1.82, 2.24) is 5.32 Å². The van der Waals surface area contributed by atoms with Gasteiger partial charge in [0.15, 0.2) is 0 Å². The lowest BCUT2D eigenvalue weighted by atomic mass is 10.0. The first-order valence-electron chi connectivity index (χ1n) is 4.50. The van der Waals surface area contributed by atoms with E-state index in [2.05, 4.69) is 32.2 Å². The zero-order valence-corrected chi connectivity index (χ0v) is 9.37. The van der Waals surface area contributed by atoms with E-state index >= 15 is 0 Å². The van der Waals surface area contributed by atoms with Crippen molar-refractivity contribution in [3.05, 3.63) is 33.8 Å². The second-order valence-corrected chi connectivity index (χ2v) is 3.88. The van der Waals surface area contributed by atoms with Crippen molar-refractivity contribution in [2.45, 2.75) is 26.8 Å². The Morgan fingerprint density at radius 2 is 1.77 bits per heavy atom. The van der Waals surface area contributed by atoms with E-state index in [1.54, 1.807) is 0 Å². The molecule has 0 heterocycles.